The Kier molecular flexibility index (Phi) is 4.39. The lowest BCUT2D eigenvalue weighted by atomic mass is 9.77. The Hall–Kier alpha value is -1.40. The maximum absolute atomic E-state index is 12.1. The molecule has 1 aromatic carbocycles. The monoisotopic (exact) mass is 312 g/mol. The standard InChI is InChI=1S/C15H20O5S/c1-3-11(14(16)20-4-2)15(17)9-10-21(18,19)13-8-6-5-7-12(13)15/h5-8,11,17H,3-4,9-10H2,1-2H3. The summed E-state index contributed by atoms with van der Waals surface area (Å²) in [7, 11) is -3.40. The summed E-state index contributed by atoms with van der Waals surface area (Å²) in [5, 5.41) is 11.0. The Bertz CT molecular complexity index is 637. The van der Waals surface area contributed by atoms with Crippen molar-refractivity contribution in [2.75, 3.05) is 12.4 Å². The van der Waals surface area contributed by atoms with Crippen molar-refractivity contribution in [1.29, 1.82) is 0 Å². The molecule has 21 heavy (non-hydrogen) atoms. The van der Waals surface area contributed by atoms with E-state index in [0.29, 0.717) is 12.0 Å². The third-order valence-corrected chi connectivity index (χ3v) is 5.76. The predicted molar refractivity (Wildman–Crippen MR) is 77.4 cm³/mol. The van der Waals surface area contributed by atoms with Crippen LogP contribution in [0.4, 0.5) is 0 Å². The van der Waals surface area contributed by atoms with Gasteiger partial charge < -0.3 is 9.84 Å². The number of ether oxygens (including phenoxy) is 1. The number of rotatable bonds is 4. The van der Waals surface area contributed by atoms with Crippen LogP contribution in [0.5, 0.6) is 0 Å². The van der Waals surface area contributed by atoms with Crippen LogP contribution in [0, 0.1) is 5.92 Å². The summed E-state index contributed by atoms with van der Waals surface area (Å²) in [6.45, 7) is 3.71. The van der Waals surface area contributed by atoms with E-state index in [1.54, 1.807) is 32.0 Å². The smallest absolute Gasteiger partial charge is 0.312 e. The number of carbonyl (C=O) groups is 1. The first-order valence-electron chi connectivity index (χ1n) is 7.08. The van der Waals surface area contributed by atoms with Gasteiger partial charge in [0.25, 0.3) is 0 Å². The minimum atomic E-state index is -3.40. The van der Waals surface area contributed by atoms with Gasteiger partial charge in [-0.15, -0.1) is 0 Å². The van der Waals surface area contributed by atoms with Crippen LogP contribution in [0.1, 0.15) is 32.3 Å². The van der Waals surface area contributed by atoms with Crippen molar-refractivity contribution in [3.63, 3.8) is 0 Å². The van der Waals surface area contributed by atoms with E-state index in [9.17, 15) is 18.3 Å². The number of hydrogen-bond acceptors (Lipinski definition) is 5. The van der Waals surface area contributed by atoms with E-state index in [4.69, 9.17) is 4.74 Å². The molecule has 116 valence electrons. The van der Waals surface area contributed by atoms with Gasteiger partial charge in [-0.3, -0.25) is 4.79 Å². The molecule has 0 bridgehead atoms. The van der Waals surface area contributed by atoms with E-state index >= 15 is 0 Å². The molecule has 5 nitrogen and oxygen atoms in total. The molecular weight excluding hydrogens is 292 g/mol. The van der Waals surface area contributed by atoms with Crippen LogP contribution in [0.3, 0.4) is 0 Å². The maximum Gasteiger partial charge on any atom is 0.312 e. The molecular formula is C15H20O5S. The number of sulfone groups is 1. The van der Waals surface area contributed by atoms with E-state index in [1.165, 1.54) is 6.07 Å². The number of aliphatic hydroxyl groups is 1. The van der Waals surface area contributed by atoms with Gasteiger partial charge in [0, 0.05) is 5.56 Å². The van der Waals surface area contributed by atoms with Gasteiger partial charge >= 0.3 is 5.97 Å². The summed E-state index contributed by atoms with van der Waals surface area (Å²) in [5.41, 5.74) is -1.20. The van der Waals surface area contributed by atoms with E-state index in [0.717, 1.165) is 0 Å². The molecule has 0 radical (unpaired) electrons. The summed E-state index contributed by atoms with van der Waals surface area (Å²) < 4.78 is 29.3. The van der Waals surface area contributed by atoms with Crippen molar-refractivity contribution < 1.29 is 23.1 Å². The fourth-order valence-electron chi connectivity index (χ4n) is 2.93. The van der Waals surface area contributed by atoms with Crippen LogP contribution in [-0.2, 0) is 25.0 Å². The van der Waals surface area contributed by atoms with Gasteiger partial charge in [0.15, 0.2) is 9.84 Å². The minimum Gasteiger partial charge on any atom is -0.466 e. The molecule has 0 spiro atoms. The SMILES string of the molecule is CCOC(=O)C(CC)C1(O)CCS(=O)(=O)c2ccccc21. The highest BCUT2D eigenvalue weighted by molar-refractivity contribution is 7.91. The largest absolute Gasteiger partial charge is 0.466 e. The van der Waals surface area contributed by atoms with Gasteiger partial charge in [0.1, 0.15) is 5.60 Å². The van der Waals surface area contributed by atoms with Crippen molar-refractivity contribution in [3.05, 3.63) is 29.8 Å². The molecule has 2 rings (SSSR count). The molecule has 2 atom stereocenters. The zero-order valence-corrected chi connectivity index (χ0v) is 13.0. The number of benzene rings is 1. The third-order valence-electron chi connectivity index (χ3n) is 4.00. The van der Waals surface area contributed by atoms with Gasteiger partial charge in [0.2, 0.25) is 0 Å². The Morgan fingerprint density at radius 3 is 2.67 bits per heavy atom. The molecule has 2 unspecified atom stereocenters. The first-order chi connectivity index (χ1) is 9.86. The fraction of sp³-hybridized carbons (Fsp3) is 0.533. The summed E-state index contributed by atoms with van der Waals surface area (Å²) in [4.78, 5) is 12.2. The molecule has 0 saturated carbocycles. The molecule has 6 heteroatoms. The number of carbonyl (C=O) groups excluding carboxylic acids is 1. The lowest BCUT2D eigenvalue weighted by Gasteiger charge is -2.38. The van der Waals surface area contributed by atoms with E-state index < -0.39 is 27.3 Å². The number of hydrogen-bond donors (Lipinski definition) is 1. The molecule has 1 N–H and O–H groups in total. The highest BCUT2D eigenvalue weighted by Crippen LogP contribution is 2.43. The average molecular weight is 312 g/mol. The number of fused-ring (bicyclic) bond motifs is 1. The highest BCUT2D eigenvalue weighted by Gasteiger charge is 2.48. The van der Waals surface area contributed by atoms with Crippen LogP contribution < -0.4 is 0 Å². The third kappa shape index (κ3) is 2.70. The summed E-state index contributed by atoms with van der Waals surface area (Å²) in [5.74, 6) is -1.43. The van der Waals surface area contributed by atoms with Crippen LogP contribution in [-0.4, -0.2) is 31.9 Å². The molecule has 1 aliphatic rings. The Labute approximate surface area is 124 Å². The molecule has 0 saturated heterocycles. The normalized spacial score (nSPS) is 24.9. The van der Waals surface area contributed by atoms with Crippen LogP contribution in [0.2, 0.25) is 0 Å². The Balaban J connectivity index is 2.55. The van der Waals surface area contributed by atoms with E-state index in [-0.39, 0.29) is 23.7 Å². The zero-order chi connectivity index (χ0) is 15.7. The summed E-state index contributed by atoms with van der Waals surface area (Å²) >= 11 is 0. The van der Waals surface area contributed by atoms with Crippen LogP contribution in [0.25, 0.3) is 0 Å². The molecule has 0 aliphatic carbocycles. The molecule has 1 aromatic rings. The maximum atomic E-state index is 12.1. The van der Waals surface area contributed by atoms with Crippen molar-refractivity contribution in [2.45, 2.75) is 37.2 Å². The Morgan fingerprint density at radius 2 is 2.05 bits per heavy atom. The summed E-state index contributed by atoms with van der Waals surface area (Å²) in [6.07, 6.45) is 0.382. The first-order valence-corrected chi connectivity index (χ1v) is 8.73. The van der Waals surface area contributed by atoms with Crippen molar-refractivity contribution in [2.24, 2.45) is 5.92 Å². The molecule has 1 heterocycles. The minimum absolute atomic E-state index is 0.00364. The molecule has 0 fully saturated rings. The van der Waals surface area contributed by atoms with Crippen molar-refractivity contribution in [3.8, 4) is 0 Å². The quantitative estimate of drug-likeness (QED) is 0.855. The van der Waals surface area contributed by atoms with Crippen LogP contribution in [0.15, 0.2) is 29.2 Å². The van der Waals surface area contributed by atoms with Gasteiger partial charge in [-0.05, 0) is 25.8 Å². The fourth-order valence-corrected chi connectivity index (χ4v) is 4.60. The Morgan fingerprint density at radius 1 is 1.38 bits per heavy atom. The molecule has 1 aliphatic heterocycles. The van der Waals surface area contributed by atoms with Crippen molar-refractivity contribution in [1.82, 2.24) is 0 Å². The molecule has 0 amide bonds. The second-order valence-electron chi connectivity index (χ2n) is 5.20. The second-order valence-corrected chi connectivity index (χ2v) is 7.28. The van der Waals surface area contributed by atoms with Gasteiger partial charge in [0.05, 0.1) is 23.2 Å². The van der Waals surface area contributed by atoms with Gasteiger partial charge in [-0.1, -0.05) is 25.1 Å². The van der Waals surface area contributed by atoms with E-state index in [2.05, 4.69) is 0 Å². The van der Waals surface area contributed by atoms with Crippen LogP contribution >= 0.6 is 0 Å². The first kappa shape index (κ1) is 16.0. The van der Waals surface area contributed by atoms with Gasteiger partial charge in [-0.25, -0.2) is 8.42 Å². The molecule has 0 aromatic heterocycles. The highest BCUT2D eigenvalue weighted by atomic mass is 32.2. The lowest BCUT2D eigenvalue weighted by molar-refractivity contribution is -0.160. The number of esters is 1. The lowest BCUT2D eigenvalue weighted by Crippen LogP contribution is -2.45. The average Bonchev–Trinajstić information content (AvgIpc) is 2.45. The predicted octanol–water partition coefficient (Wildman–Crippen LogP) is 1.64. The second kappa shape index (κ2) is 5.77. The topological polar surface area (TPSA) is 80.7 Å². The van der Waals surface area contributed by atoms with Gasteiger partial charge in [-0.2, -0.15) is 0 Å². The summed E-state index contributed by atoms with van der Waals surface area (Å²) in [6, 6.07) is 6.34. The van der Waals surface area contributed by atoms with Crippen molar-refractivity contribution >= 4 is 15.8 Å². The zero-order valence-electron chi connectivity index (χ0n) is 12.2. The van der Waals surface area contributed by atoms with E-state index in [1.807, 2.05) is 0 Å².